The number of carbonyl (C=O) groups excluding carboxylic acids is 6. The summed E-state index contributed by atoms with van der Waals surface area (Å²) < 4.78 is 31.1. The van der Waals surface area contributed by atoms with Crippen molar-refractivity contribution in [3.63, 3.8) is 0 Å². The van der Waals surface area contributed by atoms with Gasteiger partial charge in [-0.05, 0) is 48.3 Å². The van der Waals surface area contributed by atoms with Crippen LogP contribution in [0.4, 0.5) is 10.5 Å². The first-order chi connectivity index (χ1) is 19.7. The number of hydrogen-bond donors (Lipinski definition) is 2. The molecule has 0 spiro atoms. The Kier molecular flexibility index (Phi) is 10.1. The Bertz CT molecular complexity index is 1480. The maximum atomic E-state index is 12.5. The molecule has 14 nitrogen and oxygen atoms in total. The first kappa shape index (κ1) is 31.9. The first-order valence-electron chi connectivity index (χ1n) is 12.7. The summed E-state index contributed by atoms with van der Waals surface area (Å²) in [4.78, 5) is 77.2. The van der Waals surface area contributed by atoms with Crippen LogP contribution in [0.15, 0.2) is 48.1 Å². The molecule has 1 fully saturated rings. The highest BCUT2D eigenvalue weighted by atomic mass is 32.2. The van der Waals surface area contributed by atoms with Crippen LogP contribution in [0.25, 0.3) is 5.57 Å². The number of hydroxylamine groups is 2. The molecule has 1 atom stereocenters. The van der Waals surface area contributed by atoms with Crippen molar-refractivity contribution in [3.8, 4) is 0 Å². The summed E-state index contributed by atoms with van der Waals surface area (Å²) in [5.41, 5.74) is 4.05. The molecule has 1 aromatic rings. The minimum absolute atomic E-state index is 0.0223. The molecule has 0 radical (unpaired) electrons. The fourth-order valence-electron chi connectivity index (χ4n) is 4.54. The van der Waals surface area contributed by atoms with Gasteiger partial charge in [0.1, 0.15) is 6.61 Å². The van der Waals surface area contributed by atoms with Crippen LogP contribution in [0.5, 0.6) is 0 Å². The van der Waals surface area contributed by atoms with Crippen LogP contribution in [0, 0.1) is 0 Å². The van der Waals surface area contributed by atoms with Gasteiger partial charge in [-0.2, -0.15) is 8.42 Å². The van der Waals surface area contributed by atoms with E-state index >= 15 is 0 Å². The Morgan fingerprint density at radius 1 is 1.05 bits per heavy atom. The van der Waals surface area contributed by atoms with Gasteiger partial charge in [0.25, 0.3) is 33.7 Å². The van der Waals surface area contributed by atoms with E-state index in [-0.39, 0.29) is 44.2 Å². The minimum Gasteiger partial charge on any atom is -0.432 e. The van der Waals surface area contributed by atoms with Gasteiger partial charge in [0.15, 0.2) is 0 Å². The number of nitrogens with one attached hydrogen (secondary N) is 1. The smallest absolute Gasteiger partial charge is 0.432 e. The summed E-state index contributed by atoms with van der Waals surface area (Å²) in [6.45, 7) is 3.59. The molecule has 224 valence electrons. The third-order valence-electron chi connectivity index (χ3n) is 6.29. The number of rotatable bonds is 7. The fourth-order valence-corrected chi connectivity index (χ4v) is 4.54. The molecule has 1 aromatic carbocycles. The second-order valence-electron chi connectivity index (χ2n) is 9.23. The Balaban J connectivity index is 0.000000892. The van der Waals surface area contributed by atoms with E-state index in [1.54, 1.807) is 12.1 Å². The maximum Gasteiger partial charge on any atom is 0.533 e. The number of allylic oxidation sites excluding steroid dienone is 3. The monoisotopic (exact) mass is 603 g/mol. The van der Waals surface area contributed by atoms with Gasteiger partial charge >= 0.3 is 6.16 Å². The van der Waals surface area contributed by atoms with E-state index < -0.39 is 39.9 Å². The molecule has 2 heterocycles. The molecule has 1 unspecified atom stereocenters. The van der Waals surface area contributed by atoms with Gasteiger partial charge in [-0.1, -0.05) is 23.3 Å². The molecule has 1 saturated heterocycles. The van der Waals surface area contributed by atoms with E-state index in [1.165, 1.54) is 0 Å². The van der Waals surface area contributed by atoms with Crippen LogP contribution in [0.1, 0.15) is 50.2 Å². The van der Waals surface area contributed by atoms with Gasteiger partial charge < -0.3 is 10.1 Å². The SMILES string of the molecule is C/C=C1\C(=C/C)c2ccc(NC(=O)CCN3C(=O)C=CC3=O)cc2C1COC(=O)ON1C(=O)CCC1=O.CS(=O)(=O)O. The lowest BCUT2D eigenvalue weighted by Crippen LogP contribution is -2.33. The van der Waals surface area contributed by atoms with Crippen molar-refractivity contribution in [2.75, 3.05) is 24.7 Å². The Morgan fingerprint density at radius 2 is 1.64 bits per heavy atom. The van der Waals surface area contributed by atoms with Gasteiger partial charge in [0, 0.05) is 49.6 Å². The highest BCUT2D eigenvalue weighted by Crippen LogP contribution is 2.46. The van der Waals surface area contributed by atoms with Crippen molar-refractivity contribution < 1.29 is 51.3 Å². The normalized spacial score (nSPS) is 19.8. The predicted octanol–water partition coefficient (Wildman–Crippen LogP) is 2.11. The third-order valence-corrected chi connectivity index (χ3v) is 6.29. The quantitative estimate of drug-likeness (QED) is 0.263. The fraction of sp³-hybridized carbons (Fsp3) is 0.333. The van der Waals surface area contributed by atoms with E-state index in [9.17, 15) is 37.2 Å². The number of imide groups is 2. The van der Waals surface area contributed by atoms with Crippen LogP contribution in [-0.4, -0.2) is 78.0 Å². The molecule has 0 saturated carbocycles. The second-order valence-corrected chi connectivity index (χ2v) is 10.7. The van der Waals surface area contributed by atoms with Crippen LogP contribution >= 0.6 is 0 Å². The number of benzene rings is 1. The molecular formula is C27H29N3O11S. The van der Waals surface area contributed by atoms with Crippen LogP contribution in [0.3, 0.4) is 0 Å². The molecule has 0 aromatic heterocycles. The molecule has 3 aliphatic rings. The summed E-state index contributed by atoms with van der Waals surface area (Å²) in [5, 5.41) is 3.20. The standard InChI is InChI=1S/C26H25N3O8.CH4O3S/c1-3-16-17(4-2)20(14-36-26(35)37-29-24(33)9-10-25(29)34)19-13-15(5-6-18(16)19)27-21(30)11-12-28-22(31)7-8-23(28)32;1-5(2,3)4/h3-8,13,20H,9-12,14H2,1-2H3,(H,27,30);1H3,(H,2,3,4)/b16-3+,17-4+;. The Labute approximate surface area is 241 Å². The lowest BCUT2D eigenvalue weighted by Gasteiger charge is -2.17. The van der Waals surface area contributed by atoms with Crippen molar-refractivity contribution in [1.29, 1.82) is 0 Å². The number of amides is 5. The lowest BCUT2D eigenvalue weighted by molar-refractivity contribution is -0.177. The van der Waals surface area contributed by atoms with Crippen molar-refractivity contribution in [1.82, 2.24) is 9.96 Å². The van der Waals surface area contributed by atoms with Gasteiger partial charge in [0.05, 0.1) is 6.26 Å². The van der Waals surface area contributed by atoms with E-state index in [0.29, 0.717) is 17.0 Å². The highest BCUT2D eigenvalue weighted by Gasteiger charge is 2.35. The summed E-state index contributed by atoms with van der Waals surface area (Å²) in [6.07, 6.45) is 5.60. The molecule has 1 aliphatic carbocycles. The second kappa shape index (κ2) is 13.4. The minimum atomic E-state index is -3.67. The zero-order valence-corrected chi connectivity index (χ0v) is 23.8. The van der Waals surface area contributed by atoms with Crippen molar-refractivity contribution in [2.24, 2.45) is 0 Å². The van der Waals surface area contributed by atoms with E-state index in [1.807, 2.05) is 32.1 Å². The number of carbonyl (C=O) groups is 6. The van der Waals surface area contributed by atoms with Gasteiger partial charge in [-0.15, -0.1) is 0 Å². The molecular weight excluding hydrogens is 574 g/mol. The van der Waals surface area contributed by atoms with E-state index in [4.69, 9.17) is 14.1 Å². The number of hydrogen-bond acceptors (Lipinski definition) is 10. The number of ether oxygens (including phenoxy) is 1. The zero-order chi connectivity index (χ0) is 31.2. The topological polar surface area (TPSA) is 194 Å². The third kappa shape index (κ3) is 7.98. The molecule has 0 bridgehead atoms. The summed E-state index contributed by atoms with van der Waals surface area (Å²) in [5.74, 6) is -2.87. The number of nitrogens with zero attached hydrogens (tertiary/aromatic N) is 2. The summed E-state index contributed by atoms with van der Waals surface area (Å²) in [6, 6.07) is 5.36. The Hall–Kier alpha value is -4.63. The zero-order valence-electron chi connectivity index (χ0n) is 23.0. The molecule has 4 rings (SSSR count). The first-order valence-corrected chi connectivity index (χ1v) is 14.5. The molecule has 2 aliphatic heterocycles. The summed E-state index contributed by atoms with van der Waals surface area (Å²) >= 11 is 0. The van der Waals surface area contributed by atoms with Crippen molar-refractivity contribution >= 4 is 57.1 Å². The molecule has 42 heavy (non-hydrogen) atoms. The molecule has 2 N–H and O–H groups in total. The predicted molar refractivity (Wildman–Crippen MR) is 147 cm³/mol. The highest BCUT2D eigenvalue weighted by molar-refractivity contribution is 7.85. The van der Waals surface area contributed by atoms with E-state index in [2.05, 4.69) is 5.32 Å². The molecule has 15 heteroatoms. The lowest BCUT2D eigenvalue weighted by atomic mass is 9.97. The summed E-state index contributed by atoms with van der Waals surface area (Å²) in [7, 11) is -3.67. The number of anilines is 1. The average Bonchev–Trinajstić information content (AvgIpc) is 3.52. The molecule has 5 amide bonds. The van der Waals surface area contributed by atoms with Gasteiger partial charge in [0.2, 0.25) is 5.91 Å². The Morgan fingerprint density at radius 3 is 2.19 bits per heavy atom. The van der Waals surface area contributed by atoms with Crippen molar-refractivity contribution in [3.05, 3.63) is 59.2 Å². The van der Waals surface area contributed by atoms with Crippen molar-refractivity contribution in [2.45, 2.75) is 39.0 Å². The van der Waals surface area contributed by atoms with Crippen LogP contribution in [-0.2, 0) is 43.7 Å². The largest absolute Gasteiger partial charge is 0.533 e. The van der Waals surface area contributed by atoms with E-state index in [0.717, 1.165) is 39.3 Å². The van der Waals surface area contributed by atoms with Gasteiger partial charge in [-0.3, -0.25) is 38.3 Å². The average molecular weight is 604 g/mol. The maximum absolute atomic E-state index is 12.5. The number of fused-ring (bicyclic) bond motifs is 1. The van der Waals surface area contributed by atoms with Crippen LogP contribution < -0.4 is 5.32 Å². The van der Waals surface area contributed by atoms with Gasteiger partial charge in [-0.25, -0.2) is 4.79 Å². The van der Waals surface area contributed by atoms with Crippen LogP contribution in [0.2, 0.25) is 0 Å².